The number of likely N-dealkylation sites (tertiary alicyclic amines) is 1. The fourth-order valence-electron chi connectivity index (χ4n) is 2.81. The molecule has 1 aromatic rings. The number of rotatable bonds is 4. The SMILES string of the molecule is COC(=O)c1ccc(Cl)c(CN2CCCC(C(C)O)C2)c1. The van der Waals surface area contributed by atoms with E-state index in [9.17, 15) is 9.90 Å². The smallest absolute Gasteiger partial charge is 0.337 e. The van der Waals surface area contributed by atoms with E-state index in [4.69, 9.17) is 16.3 Å². The van der Waals surface area contributed by atoms with Crippen molar-refractivity contribution < 1.29 is 14.6 Å². The first kappa shape index (κ1) is 16.3. The highest BCUT2D eigenvalue weighted by Crippen LogP contribution is 2.24. The van der Waals surface area contributed by atoms with Crippen molar-refractivity contribution in [1.29, 1.82) is 0 Å². The lowest BCUT2D eigenvalue weighted by molar-refractivity contribution is 0.0594. The first-order valence-corrected chi connectivity index (χ1v) is 7.66. The van der Waals surface area contributed by atoms with Crippen molar-refractivity contribution in [3.63, 3.8) is 0 Å². The maximum Gasteiger partial charge on any atom is 0.337 e. The number of hydrogen-bond acceptors (Lipinski definition) is 4. The molecule has 1 heterocycles. The number of ether oxygens (including phenoxy) is 1. The number of benzene rings is 1. The molecule has 21 heavy (non-hydrogen) atoms. The van der Waals surface area contributed by atoms with E-state index in [1.54, 1.807) is 18.2 Å². The highest BCUT2D eigenvalue weighted by molar-refractivity contribution is 6.31. The van der Waals surface area contributed by atoms with Gasteiger partial charge in [-0.1, -0.05) is 11.6 Å². The zero-order valence-electron chi connectivity index (χ0n) is 12.5. The normalized spacial score (nSPS) is 21.0. The highest BCUT2D eigenvalue weighted by Gasteiger charge is 2.24. The third kappa shape index (κ3) is 4.19. The zero-order valence-corrected chi connectivity index (χ0v) is 13.3. The summed E-state index contributed by atoms with van der Waals surface area (Å²) in [4.78, 5) is 13.9. The Hall–Kier alpha value is -1.10. The van der Waals surface area contributed by atoms with Crippen LogP contribution < -0.4 is 0 Å². The van der Waals surface area contributed by atoms with Gasteiger partial charge >= 0.3 is 5.97 Å². The molecule has 0 amide bonds. The van der Waals surface area contributed by atoms with E-state index in [2.05, 4.69) is 4.90 Å². The Kier molecular flexibility index (Phi) is 5.62. The molecular formula is C16H22ClNO3. The van der Waals surface area contributed by atoms with Crippen molar-refractivity contribution in [2.45, 2.75) is 32.4 Å². The molecule has 1 saturated heterocycles. The zero-order chi connectivity index (χ0) is 15.4. The van der Waals surface area contributed by atoms with Gasteiger partial charge in [-0.05, 0) is 56.0 Å². The number of nitrogens with zero attached hydrogens (tertiary/aromatic N) is 1. The van der Waals surface area contributed by atoms with E-state index in [1.165, 1.54) is 7.11 Å². The summed E-state index contributed by atoms with van der Waals surface area (Å²) in [5.41, 5.74) is 1.44. The minimum atomic E-state index is -0.353. The van der Waals surface area contributed by atoms with Crippen molar-refractivity contribution in [3.05, 3.63) is 34.3 Å². The van der Waals surface area contributed by atoms with Crippen LogP contribution in [-0.4, -0.2) is 42.3 Å². The summed E-state index contributed by atoms with van der Waals surface area (Å²) in [6, 6.07) is 5.20. The number of carbonyl (C=O) groups excluding carboxylic acids is 1. The Balaban J connectivity index is 2.09. The van der Waals surface area contributed by atoms with Gasteiger partial charge < -0.3 is 9.84 Å². The van der Waals surface area contributed by atoms with Gasteiger partial charge in [0.2, 0.25) is 0 Å². The van der Waals surface area contributed by atoms with Gasteiger partial charge in [0.25, 0.3) is 0 Å². The summed E-state index contributed by atoms with van der Waals surface area (Å²) >= 11 is 6.23. The number of carbonyl (C=O) groups is 1. The van der Waals surface area contributed by atoms with Gasteiger partial charge in [-0.15, -0.1) is 0 Å². The lowest BCUT2D eigenvalue weighted by Crippen LogP contribution is -2.39. The van der Waals surface area contributed by atoms with E-state index >= 15 is 0 Å². The molecule has 2 atom stereocenters. The Bertz CT molecular complexity index is 504. The number of methoxy groups -OCH3 is 1. The number of esters is 1. The van der Waals surface area contributed by atoms with Crippen LogP contribution in [0.3, 0.4) is 0 Å². The van der Waals surface area contributed by atoms with Gasteiger partial charge in [-0.2, -0.15) is 0 Å². The largest absolute Gasteiger partial charge is 0.465 e. The van der Waals surface area contributed by atoms with Crippen molar-refractivity contribution in [2.24, 2.45) is 5.92 Å². The third-order valence-corrected chi connectivity index (χ3v) is 4.45. The fourth-order valence-corrected chi connectivity index (χ4v) is 2.99. The Morgan fingerprint density at radius 1 is 1.57 bits per heavy atom. The predicted octanol–water partition coefficient (Wildman–Crippen LogP) is 2.72. The third-order valence-electron chi connectivity index (χ3n) is 4.08. The second-order valence-corrected chi connectivity index (χ2v) is 6.08. The number of aliphatic hydroxyl groups is 1. The minimum absolute atomic E-state index is 0.287. The average molecular weight is 312 g/mol. The summed E-state index contributed by atoms with van der Waals surface area (Å²) in [6.07, 6.45) is 1.85. The topological polar surface area (TPSA) is 49.8 Å². The summed E-state index contributed by atoms with van der Waals surface area (Å²) < 4.78 is 4.74. The van der Waals surface area contributed by atoms with Crippen LogP contribution in [0.25, 0.3) is 0 Å². The van der Waals surface area contributed by atoms with Gasteiger partial charge in [0.15, 0.2) is 0 Å². The molecule has 0 aromatic heterocycles. The van der Waals surface area contributed by atoms with E-state index in [-0.39, 0.29) is 12.1 Å². The van der Waals surface area contributed by atoms with Crippen LogP contribution in [-0.2, 0) is 11.3 Å². The number of aliphatic hydroxyl groups excluding tert-OH is 1. The maximum atomic E-state index is 11.6. The van der Waals surface area contributed by atoms with Crippen LogP contribution >= 0.6 is 11.6 Å². The quantitative estimate of drug-likeness (QED) is 0.869. The van der Waals surface area contributed by atoms with Crippen LogP contribution in [0.4, 0.5) is 0 Å². The summed E-state index contributed by atoms with van der Waals surface area (Å²) in [7, 11) is 1.37. The van der Waals surface area contributed by atoms with E-state index in [1.807, 2.05) is 6.92 Å². The van der Waals surface area contributed by atoms with Gasteiger partial charge in [0.05, 0.1) is 18.8 Å². The van der Waals surface area contributed by atoms with E-state index < -0.39 is 0 Å². The summed E-state index contributed by atoms with van der Waals surface area (Å²) in [5, 5.41) is 10.4. The fraction of sp³-hybridized carbons (Fsp3) is 0.562. The van der Waals surface area contributed by atoms with Crippen LogP contribution in [0.1, 0.15) is 35.7 Å². The Morgan fingerprint density at radius 3 is 3.00 bits per heavy atom. The monoisotopic (exact) mass is 311 g/mol. The van der Waals surface area contributed by atoms with Gasteiger partial charge in [-0.3, -0.25) is 4.90 Å². The highest BCUT2D eigenvalue weighted by atomic mass is 35.5. The molecule has 1 aliphatic heterocycles. The molecule has 1 fully saturated rings. The molecule has 2 rings (SSSR count). The van der Waals surface area contributed by atoms with Crippen molar-refractivity contribution >= 4 is 17.6 Å². The molecule has 0 spiro atoms. The predicted molar refractivity (Wildman–Crippen MR) is 82.5 cm³/mol. The standard InChI is InChI=1S/C16H22ClNO3/c1-11(19)13-4-3-7-18(9-13)10-14-8-12(16(20)21-2)5-6-15(14)17/h5-6,8,11,13,19H,3-4,7,9-10H2,1-2H3. The molecule has 1 aromatic carbocycles. The Labute approximate surface area is 130 Å². The molecule has 5 heteroatoms. The Morgan fingerprint density at radius 2 is 2.33 bits per heavy atom. The lowest BCUT2D eigenvalue weighted by Gasteiger charge is -2.34. The molecular weight excluding hydrogens is 290 g/mol. The van der Waals surface area contributed by atoms with Crippen molar-refractivity contribution in [3.8, 4) is 0 Å². The lowest BCUT2D eigenvalue weighted by atomic mass is 9.93. The molecule has 0 saturated carbocycles. The van der Waals surface area contributed by atoms with Crippen molar-refractivity contribution in [1.82, 2.24) is 4.90 Å². The molecule has 0 bridgehead atoms. The number of halogens is 1. The van der Waals surface area contributed by atoms with E-state index in [0.717, 1.165) is 31.5 Å². The molecule has 2 unspecified atom stereocenters. The summed E-state index contributed by atoms with van der Waals surface area (Å²) in [5.74, 6) is -0.0465. The van der Waals surface area contributed by atoms with Crippen LogP contribution in [0.2, 0.25) is 5.02 Å². The van der Waals surface area contributed by atoms with Crippen LogP contribution in [0.5, 0.6) is 0 Å². The van der Waals surface area contributed by atoms with Crippen molar-refractivity contribution in [2.75, 3.05) is 20.2 Å². The first-order chi connectivity index (χ1) is 10.0. The molecule has 4 nitrogen and oxygen atoms in total. The first-order valence-electron chi connectivity index (χ1n) is 7.28. The van der Waals surface area contributed by atoms with Gasteiger partial charge in [-0.25, -0.2) is 4.79 Å². The summed E-state index contributed by atoms with van der Waals surface area (Å²) in [6.45, 7) is 4.38. The molecule has 0 aliphatic carbocycles. The average Bonchev–Trinajstić information content (AvgIpc) is 2.49. The molecule has 1 N–H and O–H groups in total. The molecule has 0 radical (unpaired) electrons. The van der Waals surface area contributed by atoms with Crippen LogP contribution in [0.15, 0.2) is 18.2 Å². The van der Waals surface area contributed by atoms with Crippen LogP contribution in [0, 0.1) is 5.92 Å². The maximum absolute atomic E-state index is 11.6. The molecule has 1 aliphatic rings. The number of piperidine rings is 1. The second kappa shape index (κ2) is 7.25. The van der Waals surface area contributed by atoms with Gasteiger partial charge in [0.1, 0.15) is 0 Å². The number of hydrogen-bond donors (Lipinski definition) is 1. The minimum Gasteiger partial charge on any atom is -0.465 e. The van der Waals surface area contributed by atoms with Gasteiger partial charge in [0, 0.05) is 18.1 Å². The molecule has 116 valence electrons. The second-order valence-electron chi connectivity index (χ2n) is 5.68. The van der Waals surface area contributed by atoms with E-state index in [0.29, 0.717) is 23.0 Å².